The van der Waals surface area contributed by atoms with Crippen LogP contribution in [0.25, 0.3) is 0 Å². The van der Waals surface area contributed by atoms with Crippen LogP contribution in [0.1, 0.15) is 24.2 Å². The molecule has 0 heterocycles. The van der Waals surface area contributed by atoms with Crippen molar-refractivity contribution < 1.29 is 56.9 Å². The Kier molecular flexibility index (Phi) is 9.91. The monoisotopic (exact) mass is 355 g/mol. The van der Waals surface area contributed by atoms with E-state index in [4.69, 9.17) is 4.74 Å². The number of hydrogen-bond acceptors (Lipinski definition) is 5. The van der Waals surface area contributed by atoms with E-state index in [2.05, 4.69) is 11.8 Å². The van der Waals surface area contributed by atoms with Gasteiger partial charge < -0.3 is 22.0 Å². The third kappa shape index (κ3) is 6.59. The number of ether oxygens (including phenoxy) is 2. The SMILES string of the molecule is [CH2-]OC(=O)COc1ccc(C(=O)C(C)(C)O)cc1.[CH3-].[Y]. The molecule has 20 heavy (non-hydrogen) atoms. The first kappa shape index (κ1) is 21.5. The third-order valence-corrected chi connectivity index (χ3v) is 2.19. The zero-order valence-electron chi connectivity index (χ0n) is 11.9. The number of carbonyl (C=O) groups is 2. The van der Waals surface area contributed by atoms with E-state index in [0.29, 0.717) is 11.3 Å². The molecule has 1 radical (unpaired) electrons. The summed E-state index contributed by atoms with van der Waals surface area (Å²) in [6.07, 6.45) is 0. The summed E-state index contributed by atoms with van der Waals surface area (Å²) in [7, 11) is 2.96. The van der Waals surface area contributed by atoms with Gasteiger partial charge in [0.25, 0.3) is 0 Å². The smallest absolute Gasteiger partial charge is 0.312 e. The molecule has 1 N–H and O–H groups in total. The molecule has 0 aliphatic carbocycles. The van der Waals surface area contributed by atoms with E-state index in [1.54, 1.807) is 0 Å². The Morgan fingerprint density at radius 2 is 1.75 bits per heavy atom. The molecule has 0 amide bonds. The number of hydrogen-bond donors (Lipinski definition) is 1. The van der Waals surface area contributed by atoms with Crippen LogP contribution in [0.5, 0.6) is 5.75 Å². The molecule has 0 aromatic heterocycles. The summed E-state index contributed by atoms with van der Waals surface area (Å²) in [4.78, 5) is 22.5. The van der Waals surface area contributed by atoms with Gasteiger partial charge in [-0.25, -0.2) is 0 Å². The van der Waals surface area contributed by atoms with E-state index in [0.717, 1.165) is 0 Å². The van der Waals surface area contributed by atoms with Crippen LogP contribution >= 0.6 is 0 Å². The van der Waals surface area contributed by atoms with Crippen molar-refractivity contribution >= 4 is 11.8 Å². The molecule has 0 saturated heterocycles. The predicted molar refractivity (Wildman–Crippen MR) is 70.4 cm³/mol. The van der Waals surface area contributed by atoms with E-state index >= 15 is 0 Å². The molecule has 0 aliphatic heterocycles. The van der Waals surface area contributed by atoms with Gasteiger partial charge in [-0.15, -0.1) is 0 Å². The molecule has 1 rings (SSSR count). The number of carbonyl (C=O) groups excluding carboxylic acids is 2. The van der Waals surface area contributed by atoms with Crippen molar-refractivity contribution in [2.24, 2.45) is 0 Å². The van der Waals surface area contributed by atoms with Gasteiger partial charge in [-0.3, -0.25) is 9.59 Å². The molecular weight excluding hydrogens is 337 g/mol. The molecule has 0 unspecified atom stereocenters. The minimum Gasteiger partial charge on any atom is -0.638 e. The van der Waals surface area contributed by atoms with Gasteiger partial charge in [0.15, 0.2) is 12.4 Å². The van der Waals surface area contributed by atoms with Gasteiger partial charge in [-0.05, 0) is 38.1 Å². The molecule has 0 fully saturated rings. The Balaban J connectivity index is 0. The van der Waals surface area contributed by atoms with Crippen LogP contribution in [-0.4, -0.2) is 29.1 Å². The second-order valence-electron chi connectivity index (χ2n) is 4.22. The van der Waals surface area contributed by atoms with Crippen molar-refractivity contribution in [3.8, 4) is 5.75 Å². The van der Waals surface area contributed by atoms with Gasteiger partial charge in [0.1, 0.15) is 11.4 Å². The van der Waals surface area contributed by atoms with E-state index in [-0.39, 0.29) is 52.5 Å². The molecule has 0 spiro atoms. The van der Waals surface area contributed by atoms with Gasteiger partial charge in [-0.2, -0.15) is 7.11 Å². The molecule has 5 nitrogen and oxygen atoms in total. The van der Waals surface area contributed by atoms with Crippen LogP contribution < -0.4 is 4.74 Å². The van der Waals surface area contributed by atoms with Crippen LogP contribution in [-0.2, 0) is 42.2 Å². The zero-order chi connectivity index (χ0) is 13.8. The van der Waals surface area contributed by atoms with E-state index in [1.807, 2.05) is 0 Å². The van der Waals surface area contributed by atoms with Crippen molar-refractivity contribution in [2.75, 3.05) is 6.61 Å². The Bertz CT molecular complexity index is 434. The fourth-order valence-corrected chi connectivity index (χ4v) is 1.24. The molecule has 1 aromatic rings. The summed E-state index contributed by atoms with van der Waals surface area (Å²) in [6.45, 7) is 2.59. The fourth-order valence-electron chi connectivity index (χ4n) is 1.24. The van der Waals surface area contributed by atoms with Gasteiger partial charge in [0.05, 0.1) is 0 Å². The standard InChI is InChI=1S/C13H15O5.CH3.Y/c1-13(2,16)12(15)9-4-6-10(7-5-9)18-8-11(14)17-3;;/h4-7,16H,3,8H2,1-2H3;1H3;/q2*-1;. The van der Waals surface area contributed by atoms with E-state index in [9.17, 15) is 14.7 Å². The first-order valence-electron chi connectivity index (χ1n) is 5.29. The topological polar surface area (TPSA) is 72.8 Å². The van der Waals surface area contributed by atoms with Crippen molar-refractivity contribution in [3.63, 3.8) is 0 Å². The number of aliphatic hydroxyl groups is 1. The number of esters is 1. The van der Waals surface area contributed by atoms with Crippen molar-refractivity contribution in [3.05, 3.63) is 44.4 Å². The van der Waals surface area contributed by atoms with Crippen LogP contribution in [0.4, 0.5) is 0 Å². The normalized spacial score (nSPS) is 9.80. The first-order chi connectivity index (χ1) is 8.34. The summed E-state index contributed by atoms with van der Waals surface area (Å²) in [5.74, 6) is -0.550. The molecule has 0 bridgehead atoms. The molecule has 109 valence electrons. The Labute approximate surface area is 144 Å². The van der Waals surface area contributed by atoms with Crippen LogP contribution in [0.15, 0.2) is 24.3 Å². The quantitative estimate of drug-likeness (QED) is 0.495. The summed E-state index contributed by atoms with van der Waals surface area (Å²) < 4.78 is 9.27. The third-order valence-electron chi connectivity index (χ3n) is 2.19. The largest absolute Gasteiger partial charge is 0.638 e. The van der Waals surface area contributed by atoms with Gasteiger partial charge >= 0.3 is 5.97 Å². The van der Waals surface area contributed by atoms with Crippen molar-refractivity contribution in [1.29, 1.82) is 0 Å². The molecule has 1 aromatic carbocycles. The maximum absolute atomic E-state index is 11.7. The maximum atomic E-state index is 11.7. The van der Waals surface area contributed by atoms with Crippen LogP contribution in [0.3, 0.4) is 0 Å². The summed E-state index contributed by atoms with van der Waals surface area (Å²) in [5.41, 5.74) is -1.05. The summed E-state index contributed by atoms with van der Waals surface area (Å²) in [6, 6.07) is 6.11. The van der Waals surface area contributed by atoms with Gasteiger partial charge in [0.2, 0.25) is 0 Å². The zero-order valence-corrected chi connectivity index (χ0v) is 14.7. The first-order valence-corrected chi connectivity index (χ1v) is 5.29. The Hall–Kier alpha value is -0.776. The number of Topliss-reactive ketones (excluding diaryl/α,β-unsaturated/α-hetero) is 1. The van der Waals surface area contributed by atoms with E-state index in [1.165, 1.54) is 38.1 Å². The minimum absolute atomic E-state index is 0. The number of ketones is 1. The molecule has 0 atom stereocenters. The predicted octanol–water partition coefficient (Wildman–Crippen LogP) is 1.80. The molecule has 0 saturated carbocycles. The summed E-state index contributed by atoms with van der Waals surface area (Å²) in [5, 5.41) is 9.57. The molecular formula is C14H18O5Y-2. The Morgan fingerprint density at radius 1 is 1.25 bits per heavy atom. The van der Waals surface area contributed by atoms with Gasteiger partial charge in [0, 0.05) is 38.3 Å². The van der Waals surface area contributed by atoms with Crippen molar-refractivity contribution in [1.82, 2.24) is 0 Å². The van der Waals surface area contributed by atoms with Gasteiger partial charge in [-0.1, -0.05) is 0 Å². The minimum atomic E-state index is -1.42. The van der Waals surface area contributed by atoms with Crippen LogP contribution in [0, 0.1) is 14.5 Å². The van der Waals surface area contributed by atoms with Crippen molar-refractivity contribution in [2.45, 2.75) is 19.4 Å². The average molecular weight is 355 g/mol. The molecule has 0 aliphatic rings. The van der Waals surface area contributed by atoms with E-state index < -0.39 is 11.6 Å². The second-order valence-corrected chi connectivity index (χ2v) is 4.22. The molecule has 6 heteroatoms. The number of rotatable bonds is 5. The maximum Gasteiger partial charge on any atom is 0.312 e. The summed E-state index contributed by atoms with van der Waals surface area (Å²) >= 11 is 0. The average Bonchev–Trinajstić information content (AvgIpc) is 2.34. The second kappa shape index (κ2) is 9.21. The number of benzene rings is 1. The Morgan fingerprint density at radius 3 is 2.15 bits per heavy atom. The van der Waals surface area contributed by atoms with Crippen LogP contribution in [0.2, 0.25) is 0 Å². The fraction of sp³-hybridized carbons (Fsp3) is 0.286.